The zero-order valence-electron chi connectivity index (χ0n) is 14.8. The molecule has 2 heterocycles. The summed E-state index contributed by atoms with van der Waals surface area (Å²) in [4.78, 5) is 29.6. The molecule has 1 amide bonds. The summed E-state index contributed by atoms with van der Waals surface area (Å²) in [6.45, 7) is 4.85. The number of aromatic amines is 1. The average Bonchev–Trinajstić information content (AvgIpc) is 3.16. The molecular weight excluding hydrogens is 359 g/mol. The number of piperidine rings is 1. The van der Waals surface area contributed by atoms with Gasteiger partial charge in [0.25, 0.3) is 5.91 Å². The fourth-order valence-electron chi connectivity index (χ4n) is 3.19. The number of amides is 1. The van der Waals surface area contributed by atoms with E-state index in [-0.39, 0.29) is 17.3 Å². The molecule has 0 saturated carbocycles. The van der Waals surface area contributed by atoms with E-state index in [0.717, 1.165) is 32.5 Å². The van der Waals surface area contributed by atoms with Crippen LogP contribution in [0.4, 0.5) is 13.2 Å². The molecule has 0 aliphatic carbocycles. The molecule has 0 bridgehead atoms. The summed E-state index contributed by atoms with van der Waals surface area (Å²) < 4.78 is 40.9. The molecular formula is C19H20F3N3O2. The lowest BCUT2D eigenvalue weighted by atomic mass is 10.0. The van der Waals surface area contributed by atoms with Gasteiger partial charge in [-0.2, -0.15) is 0 Å². The number of carbonyl (C=O) groups is 2. The van der Waals surface area contributed by atoms with Crippen molar-refractivity contribution in [2.75, 3.05) is 19.6 Å². The van der Waals surface area contributed by atoms with E-state index in [9.17, 15) is 22.8 Å². The van der Waals surface area contributed by atoms with Gasteiger partial charge in [0.1, 0.15) is 11.5 Å². The van der Waals surface area contributed by atoms with E-state index in [0.29, 0.717) is 12.1 Å². The van der Waals surface area contributed by atoms with Crippen molar-refractivity contribution in [1.29, 1.82) is 0 Å². The summed E-state index contributed by atoms with van der Waals surface area (Å²) in [5.41, 5.74) is -0.995. The minimum Gasteiger partial charge on any atom is -0.356 e. The first-order chi connectivity index (χ1) is 12.9. The SMILES string of the molecule is CCN1CCC(NC(=O)c2cc(C(=O)c3c(F)ccc(F)c3F)c[nH]2)CC1. The molecule has 1 fully saturated rings. The van der Waals surface area contributed by atoms with Crippen molar-refractivity contribution in [3.63, 3.8) is 0 Å². The van der Waals surface area contributed by atoms with Crippen molar-refractivity contribution in [2.24, 2.45) is 0 Å². The maximum Gasteiger partial charge on any atom is 0.267 e. The number of halogens is 3. The average molecular weight is 379 g/mol. The summed E-state index contributed by atoms with van der Waals surface area (Å²) in [6, 6.07) is 2.54. The summed E-state index contributed by atoms with van der Waals surface area (Å²) in [5.74, 6) is -5.45. The number of rotatable bonds is 5. The standard InChI is InChI=1S/C19H20F3N3O2/c1-2-25-7-5-12(6-8-25)24-19(27)15-9-11(10-23-15)18(26)16-13(20)3-4-14(21)17(16)22/h3-4,9-10,12,23H,2,5-8H2,1H3,(H,24,27). The summed E-state index contributed by atoms with van der Waals surface area (Å²) in [7, 11) is 0. The van der Waals surface area contributed by atoms with E-state index >= 15 is 0 Å². The molecule has 27 heavy (non-hydrogen) atoms. The molecule has 0 spiro atoms. The topological polar surface area (TPSA) is 65.2 Å². The highest BCUT2D eigenvalue weighted by atomic mass is 19.2. The molecule has 1 aliphatic rings. The number of ketones is 1. The van der Waals surface area contributed by atoms with Gasteiger partial charge in [-0.25, -0.2) is 13.2 Å². The van der Waals surface area contributed by atoms with Crippen LogP contribution in [-0.2, 0) is 0 Å². The Morgan fingerprint density at radius 3 is 2.52 bits per heavy atom. The Labute approximate surface area is 154 Å². The zero-order valence-corrected chi connectivity index (χ0v) is 14.8. The number of H-pyrrole nitrogens is 1. The molecule has 0 unspecified atom stereocenters. The Hall–Kier alpha value is -2.61. The van der Waals surface area contributed by atoms with Crippen LogP contribution in [0.3, 0.4) is 0 Å². The molecule has 2 aromatic rings. The zero-order chi connectivity index (χ0) is 19.6. The van der Waals surface area contributed by atoms with Gasteiger partial charge in [-0.05, 0) is 37.6 Å². The van der Waals surface area contributed by atoms with Gasteiger partial charge in [0, 0.05) is 30.9 Å². The highest BCUT2D eigenvalue weighted by Crippen LogP contribution is 2.20. The van der Waals surface area contributed by atoms with Crippen LogP contribution in [0, 0.1) is 17.5 Å². The van der Waals surface area contributed by atoms with Gasteiger partial charge in [0.15, 0.2) is 11.6 Å². The number of aromatic nitrogens is 1. The fraction of sp³-hybridized carbons (Fsp3) is 0.368. The number of nitrogens with one attached hydrogen (secondary N) is 2. The van der Waals surface area contributed by atoms with Crippen LogP contribution in [0.2, 0.25) is 0 Å². The van der Waals surface area contributed by atoms with Crippen molar-refractivity contribution >= 4 is 11.7 Å². The van der Waals surface area contributed by atoms with Crippen LogP contribution in [0.5, 0.6) is 0 Å². The van der Waals surface area contributed by atoms with Gasteiger partial charge in [-0.3, -0.25) is 9.59 Å². The van der Waals surface area contributed by atoms with Crippen molar-refractivity contribution in [1.82, 2.24) is 15.2 Å². The molecule has 144 valence electrons. The van der Waals surface area contributed by atoms with Gasteiger partial charge >= 0.3 is 0 Å². The molecule has 1 aromatic carbocycles. The first kappa shape index (κ1) is 19.2. The smallest absolute Gasteiger partial charge is 0.267 e. The second kappa shape index (κ2) is 7.96. The molecule has 0 radical (unpaired) electrons. The highest BCUT2D eigenvalue weighted by molar-refractivity contribution is 6.10. The van der Waals surface area contributed by atoms with Crippen LogP contribution >= 0.6 is 0 Å². The van der Waals surface area contributed by atoms with E-state index in [1.54, 1.807) is 0 Å². The van der Waals surface area contributed by atoms with Crippen LogP contribution in [0.25, 0.3) is 0 Å². The lowest BCUT2D eigenvalue weighted by Gasteiger charge is -2.31. The predicted octanol–water partition coefficient (Wildman–Crippen LogP) is 2.88. The predicted molar refractivity (Wildman–Crippen MR) is 93.1 cm³/mol. The number of carbonyl (C=O) groups excluding carboxylic acids is 2. The third kappa shape index (κ3) is 4.05. The van der Waals surface area contributed by atoms with Crippen LogP contribution in [0.15, 0.2) is 24.4 Å². The van der Waals surface area contributed by atoms with E-state index in [1.807, 2.05) is 0 Å². The molecule has 2 N–H and O–H groups in total. The molecule has 8 heteroatoms. The Morgan fingerprint density at radius 2 is 1.85 bits per heavy atom. The number of nitrogens with zero attached hydrogens (tertiary/aromatic N) is 1. The van der Waals surface area contributed by atoms with Crippen molar-refractivity contribution in [3.05, 3.63) is 58.7 Å². The first-order valence-electron chi connectivity index (χ1n) is 8.80. The second-order valence-corrected chi connectivity index (χ2v) is 6.53. The van der Waals surface area contributed by atoms with Gasteiger partial charge < -0.3 is 15.2 Å². The van der Waals surface area contributed by atoms with Crippen molar-refractivity contribution < 1.29 is 22.8 Å². The quantitative estimate of drug-likeness (QED) is 0.620. The molecule has 1 saturated heterocycles. The lowest BCUT2D eigenvalue weighted by Crippen LogP contribution is -2.44. The number of benzene rings is 1. The summed E-state index contributed by atoms with van der Waals surface area (Å²) in [5, 5.41) is 2.89. The van der Waals surface area contributed by atoms with Gasteiger partial charge in [0.05, 0.1) is 5.56 Å². The maximum atomic E-state index is 13.8. The van der Waals surface area contributed by atoms with Gasteiger partial charge in [-0.15, -0.1) is 0 Å². The Morgan fingerprint density at radius 1 is 1.19 bits per heavy atom. The first-order valence-corrected chi connectivity index (χ1v) is 8.80. The second-order valence-electron chi connectivity index (χ2n) is 6.53. The Balaban J connectivity index is 1.70. The highest BCUT2D eigenvalue weighted by Gasteiger charge is 2.25. The number of hydrogen-bond donors (Lipinski definition) is 2. The Kier molecular flexibility index (Phi) is 5.65. The van der Waals surface area contributed by atoms with Crippen molar-refractivity contribution in [3.8, 4) is 0 Å². The minimum absolute atomic E-state index is 0.0286. The van der Waals surface area contributed by atoms with Crippen LogP contribution < -0.4 is 5.32 Å². The molecule has 3 rings (SSSR count). The third-order valence-electron chi connectivity index (χ3n) is 4.83. The van der Waals surface area contributed by atoms with E-state index in [1.165, 1.54) is 12.3 Å². The van der Waals surface area contributed by atoms with Crippen LogP contribution in [-0.4, -0.2) is 47.3 Å². The summed E-state index contributed by atoms with van der Waals surface area (Å²) >= 11 is 0. The molecule has 1 aromatic heterocycles. The maximum absolute atomic E-state index is 13.8. The summed E-state index contributed by atoms with van der Waals surface area (Å²) in [6.07, 6.45) is 2.83. The molecule has 5 nitrogen and oxygen atoms in total. The lowest BCUT2D eigenvalue weighted by molar-refractivity contribution is 0.0908. The fourth-order valence-corrected chi connectivity index (χ4v) is 3.19. The van der Waals surface area contributed by atoms with Crippen LogP contribution in [0.1, 0.15) is 46.2 Å². The molecule has 0 atom stereocenters. The third-order valence-corrected chi connectivity index (χ3v) is 4.83. The van der Waals surface area contributed by atoms with E-state index in [2.05, 4.69) is 22.1 Å². The Bertz CT molecular complexity index is 858. The van der Waals surface area contributed by atoms with Gasteiger partial charge in [0.2, 0.25) is 5.78 Å². The van der Waals surface area contributed by atoms with Gasteiger partial charge in [-0.1, -0.05) is 6.92 Å². The minimum atomic E-state index is -1.55. The van der Waals surface area contributed by atoms with Crippen molar-refractivity contribution in [2.45, 2.75) is 25.8 Å². The van der Waals surface area contributed by atoms with E-state index in [4.69, 9.17) is 0 Å². The normalized spacial score (nSPS) is 15.7. The number of likely N-dealkylation sites (tertiary alicyclic amines) is 1. The molecule has 1 aliphatic heterocycles. The monoisotopic (exact) mass is 379 g/mol. The number of hydrogen-bond acceptors (Lipinski definition) is 3. The van der Waals surface area contributed by atoms with E-state index < -0.39 is 34.7 Å². The largest absolute Gasteiger partial charge is 0.356 e.